The maximum atomic E-state index is 12.7. The Morgan fingerprint density at radius 1 is 1.38 bits per heavy atom. The van der Waals surface area contributed by atoms with Crippen LogP contribution in [0.15, 0.2) is 0 Å². The van der Waals surface area contributed by atoms with E-state index in [4.69, 9.17) is 4.74 Å². The van der Waals surface area contributed by atoms with Gasteiger partial charge in [0.05, 0.1) is 23.7 Å². The van der Waals surface area contributed by atoms with E-state index < -0.39 is 0 Å². The smallest absolute Gasteiger partial charge is 0.307 e. The van der Waals surface area contributed by atoms with Gasteiger partial charge >= 0.3 is 5.97 Å². The first kappa shape index (κ1) is 15.9. The minimum absolute atomic E-state index is 0.00657. The first-order chi connectivity index (χ1) is 10.0. The molecule has 1 saturated heterocycles. The number of thiazole rings is 1. The van der Waals surface area contributed by atoms with Gasteiger partial charge in [-0.2, -0.15) is 0 Å². The lowest BCUT2D eigenvalue weighted by Crippen LogP contribution is -2.44. The second-order valence-electron chi connectivity index (χ2n) is 5.30. The van der Waals surface area contributed by atoms with Crippen molar-refractivity contribution in [2.75, 3.05) is 13.2 Å². The van der Waals surface area contributed by atoms with E-state index in [0.717, 1.165) is 30.0 Å². The van der Waals surface area contributed by atoms with Crippen molar-refractivity contribution < 1.29 is 14.3 Å². The van der Waals surface area contributed by atoms with Gasteiger partial charge in [-0.05, 0) is 40.0 Å². The normalized spacial score (nSPS) is 18.6. The van der Waals surface area contributed by atoms with Crippen LogP contribution in [0.5, 0.6) is 0 Å². The van der Waals surface area contributed by atoms with Crippen molar-refractivity contribution in [3.05, 3.63) is 15.6 Å². The maximum Gasteiger partial charge on any atom is 0.307 e. The number of carbonyl (C=O) groups is 2. The average Bonchev–Trinajstić information content (AvgIpc) is 2.78. The van der Waals surface area contributed by atoms with Crippen LogP contribution in [0.4, 0.5) is 0 Å². The number of hydrogen-bond acceptors (Lipinski definition) is 5. The molecule has 1 unspecified atom stereocenters. The minimum atomic E-state index is -0.223. The van der Waals surface area contributed by atoms with E-state index in [2.05, 4.69) is 4.98 Å². The van der Waals surface area contributed by atoms with Crippen LogP contribution in [0, 0.1) is 13.8 Å². The van der Waals surface area contributed by atoms with Crippen LogP contribution in [0.25, 0.3) is 0 Å². The van der Waals surface area contributed by atoms with Crippen molar-refractivity contribution in [1.82, 2.24) is 9.88 Å². The fraction of sp³-hybridized carbons (Fsp3) is 0.667. The van der Waals surface area contributed by atoms with E-state index in [1.54, 1.807) is 6.92 Å². The quantitative estimate of drug-likeness (QED) is 0.802. The van der Waals surface area contributed by atoms with Crippen molar-refractivity contribution in [2.45, 2.75) is 52.5 Å². The first-order valence-electron chi connectivity index (χ1n) is 7.43. The molecule has 2 heterocycles. The summed E-state index contributed by atoms with van der Waals surface area (Å²) in [6.07, 6.45) is 3.19. The number of nitrogens with zero attached hydrogens (tertiary/aromatic N) is 2. The van der Waals surface area contributed by atoms with Gasteiger partial charge in [0, 0.05) is 12.6 Å². The summed E-state index contributed by atoms with van der Waals surface area (Å²) in [6, 6.07) is -0.0490. The second-order valence-corrected chi connectivity index (χ2v) is 6.51. The number of amides is 1. The Bertz CT molecular complexity index is 527. The van der Waals surface area contributed by atoms with Crippen molar-refractivity contribution in [3.63, 3.8) is 0 Å². The lowest BCUT2D eigenvalue weighted by molar-refractivity contribution is -0.144. The molecular formula is C15H22N2O3S. The lowest BCUT2D eigenvalue weighted by Gasteiger charge is -2.35. The molecule has 0 N–H and O–H groups in total. The Morgan fingerprint density at radius 2 is 2.14 bits per heavy atom. The van der Waals surface area contributed by atoms with Crippen LogP contribution < -0.4 is 0 Å². The summed E-state index contributed by atoms with van der Waals surface area (Å²) in [5.74, 6) is -0.216. The molecule has 0 aliphatic carbocycles. The molecule has 1 atom stereocenters. The molecule has 0 spiro atoms. The zero-order valence-corrected chi connectivity index (χ0v) is 13.7. The van der Waals surface area contributed by atoms with Gasteiger partial charge in [-0.1, -0.05) is 0 Å². The number of esters is 1. The van der Waals surface area contributed by atoms with Crippen LogP contribution in [0.2, 0.25) is 0 Å². The standard InChI is InChI=1S/C15H22N2O3S/c1-4-20-13(18)9-12-7-5-6-8-17(12)15(19)14-10(2)16-11(3)21-14/h12H,4-9H2,1-3H3. The molecule has 5 nitrogen and oxygen atoms in total. The molecule has 1 fully saturated rings. The van der Waals surface area contributed by atoms with Gasteiger partial charge in [0.1, 0.15) is 4.88 Å². The highest BCUT2D eigenvalue weighted by molar-refractivity contribution is 7.13. The Hall–Kier alpha value is -1.43. The fourth-order valence-corrected chi connectivity index (χ4v) is 3.63. The molecule has 1 amide bonds. The zero-order valence-electron chi connectivity index (χ0n) is 12.8. The van der Waals surface area contributed by atoms with Crippen LogP contribution in [-0.2, 0) is 9.53 Å². The Labute approximate surface area is 129 Å². The monoisotopic (exact) mass is 310 g/mol. The number of ether oxygens (including phenoxy) is 1. The fourth-order valence-electron chi connectivity index (χ4n) is 2.75. The largest absolute Gasteiger partial charge is 0.466 e. The van der Waals surface area contributed by atoms with Crippen molar-refractivity contribution in [1.29, 1.82) is 0 Å². The molecular weight excluding hydrogens is 288 g/mol. The number of aryl methyl sites for hydroxylation is 2. The predicted octanol–water partition coefficient (Wildman–Crippen LogP) is 2.71. The van der Waals surface area contributed by atoms with Gasteiger partial charge in [0.2, 0.25) is 0 Å². The highest BCUT2D eigenvalue weighted by atomic mass is 32.1. The number of likely N-dealkylation sites (tertiary alicyclic amines) is 1. The molecule has 1 aromatic rings. The SMILES string of the molecule is CCOC(=O)CC1CCCCN1C(=O)c1sc(C)nc1C. The molecule has 0 aromatic carbocycles. The molecule has 6 heteroatoms. The van der Waals surface area contributed by atoms with Gasteiger partial charge in [-0.3, -0.25) is 9.59 Å². The topological polar surface area (TPSA) is 59.5 Å². The third-order valence-electron chi connectivity index (χ3n) is 3.69. The molecule has 0 saturated carbocycles. The van der Waals surface area contributed by atoms with Crippen LogP contribution in [0.1, 0.15) is 53.0 Å². The molecule has 0 radical (unpaired) electrons. The van der Waals surface area contributed by atoms with E-state index in [9.17, 15) is 9.59 Å². The molecule has 1 aromatic heterocycles. The summed E-state index contributed by atoms with van der Waals surface area (Å²) in [4.78, 5) is 31.3. The number of carbonyl (C=O) groups excluding carboxylic acids is 2. The number of rotatable bonds is 4. The highest BCUT2D eigenvalue weighted by Crippen LogP contribution is 2.26. The van der Waals surface area contributed by atoms with Crippen molar-refractivity contribution in [3.8, 4) is 0 Å². The van der Waals surface area contributed by atoms with Crippen molar-refractivity contribution in [2.24, 2.45) is 0 Å². The average molecular weight is 310 g/mol. The molecule has 1 aliphatic rings. The molecule has 0 bridgehead atoms. The summed E-state index contributed by atoms with van der Waals surface area (Å²) < 4.78 is 5.02. The van der Waals surface area contributed by atoms with Crippen LogP contribution in [0.3, 0.4) is 0 Å². The number of piperidine rings is 1. The molecule has 116 valence electrons. The van der Waals surface area contributed by atoms with Crippen LogP contribution >= 0.6 is 11.3 Å². The number of aromatic nitrogens is 1. The Morgan fingerprint density at radius 3 is 2.76 bits per heavy atom. The first-order valence-corrected chi connectivity index (χ1v) is 8.25. The van der Waals surface area contributed by atoms with E-state index in [1.807, 2.05) is 18.7 Å². The summed E-state index contributed by atoms with van der Waals surface area (Å²) >= 11 is 1.43. The Balaban J connectivity index is 2.12. The second kappa shape index (κ2) is 7.02. The third-order valence-corrected chi connectivity index (χ3v) is 4.75. The van der Waals surface area contributed by atoms with E-state index >= 15 is 0 Å². The Kier molecular flexibility index (Phi) is 5.33. The van der Waals surface area contributed by atoms with Gasteiger partial charge in [0.25, 0.3) is 5.91 Å². The molecule has 1 aliphatic heterocycles. The van der Waals surface area contributed by atoms with Gasteiger partial charge in [-0.25, -0.2) is 4.98 Å². The molecule has 21 heavy (non-hydrogen) atoms. The predicted molar refractivity (Wildman–Crippen MR) is 81.5 cm³/mol. The van der Waals surface area contributed by atoms with Gasteiger partial charge in [-0.15, -0.1) is 11.3 Å². The number of hydrogen-bond donors (Lipinski definition) is 0. The van der Waals surface area contributed by atoms with E-state index in [-0.39, 0.29) is 24.3 Å². The highest BCUT2D eigenvalue weighted by Gasteiger charge is 2.31. The third kappa shape index (κ3) is 3.81. The van der Waals surface area contributed by atoms with Crippen molar-refractivity contribution >= 4 is 23.2 Å². The molecule has 2 rings (SSSR count). The maximum absolute atomic E-state index is 12.7. The summed E-state index contributed by atoms with van der Waals surface area (Å²) in [5, 5.41) is 0.898. The zero-order chi connectivity index (χ0) is 15.4. The minimum Gasteiger partial charge on any atom is -0.466 e. The van der Waals surface area contributed by atoms with E-state index in [0.29, 0.717) is 18.0 Å². The summed E-state index contributed by atoms with van der Waals surface area (Å²) in [6.45, 7) is 6.65. The summed E-state index contributed by atoms with van der Waals surface area (Å²) in [5.41, 5.74) is 0.781. The van der Waals surface area contributed by atoms with E-state index in [1.165, 1.54) is 11.3 Å². The lowest BCUT2D eigenvalue weighted by atomic mass is 9.99. The van der Waals surface area contributed by atoms with Crippen LogP contribution in [-0.4, -0.2) is 41.0 Å². The van der Waals surface area contributed by atoms with Gasteiger partial charge in [0.15, 0.2) is 0 Å². The van der Waals surface area contributed by atoms with Gasteiger partial charge < -0.3 is 9.64 Å². The summed E-state index contributed by atoms with van der Waals surface area (Å²) in [7, 11) is 0.